The SMILES string of the molecule is COCc1ccccc1NC(N)=NCCCc1ccc(C(C)C)cc1.I. The fourth-order valence-electron chi connectivity index (χ4n) is 2.65. The molecule has 0 amide bonds. The van der Waals surface area contributed by atoms with Crippen molar-refractivity contribution in [3.05, 3.63) is 65.2 Å². The number of rotatable bonds is 8. The number of guanidine groups is 1. The molecule has 0 spiro atoms. The van der Waals surface area contributed by atoms with E-state index in [0.29, 0.717) is 25.0 Å². The summed E-state index contributed by atoms with van der Waals surface area (Å²) >= 11 is 0. The first kappa shape index (κ1) is 22.4. The number of benzene rings is 2. The number of para-hydroxylation sites is 1. The summed E-state index contributed by atoms with van der Waals surface area (Å²) in [7, 11) is 1.68. The minimum Gasteiger partial charge on any atom is -0.380 e. The van der Waals surface area contributed by atoms with Crippen molar-refractivity contribution in [3.8, 4) is 0 Å². The van der Waals surface area contributed by atoms with Crippen LogP contribution in [0, 0.1) is 0 Å². The van der Waals surface area contributed by atoms with Crippen LogP contribution >= 0.6 is 24.0 Å². The molecule has 0 aliphatic carbocycles. The number of anilines is 1. The molecule has 4 nitrogen and oxygen atoms in total. The molecule has 0 bridgehead atoms. The number of aryl methyl sites for hydroxylation is 1. The summed E-state index contributed by atoms with van der Waals surface area (Å²) in [5.41, 5.74) is 10.7. The fraction of sp³-hybridized carbons (Fsp3) is 0.381. The zero-order valence-electron chi connectivity index (χ0n) is 15.9. The number of methoxy groups -OCH3 is 1. The number of hydrogen-bond donors (Lipinski definition) is 2. The van der Waals surface area contributed by atoms with Crippen LogP contribution in [0.5, 0.6) is 0 Å². The quantitative estimate of drug-likeness (QED) is 0.251. The van der Waals surface area contributed by atoms with Crippen molar-refractivity contribution in [1.29, 1.82) is 0 Å². The van der Waals surface area contributed by atoms with Gasteiger partial charge in [0.1, 0.15) is 0 Å². The number of nitrogens with two attached hydrogens (primary N) is 1. The van der Waals surface area contributed by atoms with E-state index in [-0.39, 0.29) is 24.0 Å². The molecule has 5 heteroatoms. The first-order chi connectivity index (χ1) is 12.1. The highest BCUT2D eigenvalue weighted by Crippen LogP contribution is 2.16. The van der Waals surface area contributed by atoms with Crippen LogP contribution in [0.15, 0.2) is 53.5 Å². The van der Waals surface area contributed by atoms with Crippen LogP contribution in [-0.4, -0.2) is 19.6 Å². The fourth-order valence-corrected chi connectivity index (χ4v) is 2.65. The highest BCUT2D eigenvalue weighted by molar-refractivity contribution is 14.0. The second-order valence-corrected chi connectivity index (χ2v) is 6.48. The van der Waals surface area contributed by atoms with Crippen LogP contribution in [0.1, 0.15) is 42.9 Å². The Morgan fingerprint density at radius 3 is 2.46 bits per heavy atom. The molecule has 2 rings (SSSR count). The zero-order valence-corrected chi connectivity index (χ0v) is 18.2. The summed E-state index contributed by atoms with van der Waals surface area (Å²) in [6, 6.07) is 16.8. The van der Waals surface area contributed by atoms with Crippen LogP contribution in [0.2, 0.25) is 0 Å². The highest BCUT2D eigenvalue weighted by Gasteiger charge is 2.02. The highest BCUT2D eigenvalue weighted by atomic mass is 127. The van der Waals surface area contributed by atoms with Crippen molar-refractivity contribution < 1.29 is 4.74 Å². The molecule has 2 aromatic carbocycles. The van der Waals surface area contributed by atoms with Gasteiger partial charge < -0.3 is 15.8 Å². The molecule has 0 fully saturated rings. The van der Waals surface area contributed by atoms with E-state index in [1.807, 2.05) is 24.3 Å². The average Bonchev–Trinajstić information content (AvgIpc) is 2.61. The molecule has 0 saturated carbocycles. The van der Waals surface area contributed by atoms with Gasteiger partial charge in [0.15, 0.2) is 5.96 Å². The molecule has 0 saturated heterocycles. The van der Waals surface area contributed by atoms with Crippen molar-refractivity contribution in [2.45, 2.75) is 39.2 Å². The number of aliphatic imine (C=N–C) groups is 1. The summed E-state index contributed by atoms with van der Waals surface area (Å²) in [6.45, 7) is 5.68. The number of hydrogen-bond acceptors (Lipinski definition) is 2. The van der Waals surface area contributed by atoms with Gasteiger partial charge in [0.25, 0.3) is 0 Å². The minimum absolute atomic E-state index is 0. The van der Waals surface area contributed by atoms with Crippen LogP contribution < -0.4 is 11.1 Å². The van der Waals surface area contributed by atoms with Crippen LogP contribution in [0.25, 0.3) is 0 Å². The third kappa shape index (κ3) is 7.33. The van der Waals surface area contributed by atoms with Gasteiger partial charge in [-0.1, -0.05) is 56.3 Å². The third-order valence-electron chi connectivity index (χ3n) is 4.13. The lowest BCUT2D eigenvalue weighted by Crippen LogP contribution is -2.23. The number of nitrogens with one attached hydrogen (secondary N) is 1. The molecule has 3 N–H and O–H groups in total. The van der Waals surface area contributed by atoms with E-state index in [2.05, 4.69) is 48.4 Å². The number of halogens is 1. The molecule has 0 radical (unpaired) electrons. The van der Waals surface area contributed by atoms with Crippen LogP contribution in [0.4, 0.5) is 5.69 Å². The Balaban J connectivity index is 0.00000338. The molecule has 2 aromatic rings. The zero-order chi connectivity index (χ0) is 18.1. The van der Waals surface area contributed by atoms with E-state index in [1.54, 1.807) is 7.11 Å². The van der Waals surface area contributed by atoms with Gasteiger partial charge in [-0.25, -0.2) is 0 Å². The van der Waals surface area contributed by atoms with Crippen molar-refractivity contribution in [2.24, 2.45) is 10.7 Å². The Bertz CT molecular complexity index is 684. The van der Waals surface area contributed by atoms with E-state index in [4.69, 9.17) is 10.5 Å². The maximum Gasteiger partial charge on any atom is 0.193 e. The molecular formula is C21H30IN3O. The first-order valence-electron chi connectivity index (χ1n) is 8.82. The van der Waals surface area contributed by atoms with Gasteiger partial charge >= 0.3 is 0 Å². The molecule has 142 valence electrons. The average molecular weight is 467 g/mol. The van der Waals surface area contributed by atoms with Crippen molar-refractivity contribution >= 4 is 35.6 Å². The van der Waals surface area contributed by atoms with Crippen molar-refractivity contribution in [1.82, 2.24) is 0 Å². The normalized spacial score (nSPS) is 11.3. The van der Waals surface area contributed by atoms with Gasteiger partial charge in [-0.15, -0.1) is 24.0 Å². The predicted octanol–water partition coefficient (Wildman–Crippen LogP) is 4.93. The van der Waals surface area contributed by atoms with Gasteiger partial charge in [0.2, 0.25) is 0 Å². The largest absolute Gasteiger partial charge is 0.380 e. The molecule has 0 heterocycles. The van der Waals surface area contributed by atoms with Crippen molar-refractivity contribution in [3.63, 3.8) is 0 Å². The molecular weight excluding hydrogens is 437 g/mol. The van der Waals surface area contributed by atoms with Crippen LogP contribution in [-0.2, 0) is 17.8 Å². The lowest BCUT2D eigenvalue weighted by atomic mass is 10.0. The Labute approximate surface area is 174 Å². The number of nitrogens with zero attached hydrogens (tertiary/aromatic N) is 1. The van der Waals surface area contributed by atoms with E-state index in [9.17, 15) is 0 Å². The molecule has 0 atom stereocenters. The summed E-state index contributed by atoms with van der Waals surface area (Å²) < 4.78 is 5.20. The summed E-state index contributed by atoms with van der Waals surface area (Å²) in [5.74, 6) is 1.02. The van der Waals surface area contributed by atoms with Gasteiger partial charge in [0.05, 0.1) is 6.61 Å². The summed E-state index contributed by atoms with van der Waals surface area (Å²) in [5, 5.41) is 3.16. The van der Waals surface area contributed by atoms with Gasteiger partial charge in [-0.05, 0) is 36.0 Å². The molecule has 0 aliphatic rings. The smallest absolute Gasteiger partial charge is 0.193 e. The predicted molar refractivity (Wildman–Crippen MR) is 122 cm³/mol. The second kappa shape index (κ2) is 11.9. The van der Waals surface area contributed by atoms with E-state index >= 15 is 0 Å². The van der Waals surface area contributed by atoms with Gasteiger partial charge in [0, 0.05) is 24.9 Å². The summed E-state index contributed by atoms with van der Waals surface area (Å²) in [4.78, 5) is 4.42. The molecule has 0 unspecified atom stereocenters. The van der Waals surface area contributed by atoms with E-state index < -0.39 is 0 Å². The Morgan fingerprint density at radius 2 is 1.81 bits per heavy atom. The second-order valence-electron chi connectivity index (χ2n) is 6.48. The summed E-state index contributed by atoms with van der Waals surface area (Å²) in [6.07, 6.45) is 1.98. The Hall–Kier alpha value is -1.60. The van der Waals surface area contributed by atoms with E-state index in [1.165, 1.54) is 11.1 Å². The van der Waals surface area contributed by atoms with Gasteiger partial charge in [-0.3, -0.25) is 4.99 Å². The van der Waals surface area contributed by atoms with Gasteiger partial charge in [-0.2, -0.15) is 0 Å². The molecule has 26 heavy (non-hydrogen) atoms. The topological polar surface area (TPSA) is 59.6 Å². The van der Waals surface area contributed by atoms with Crippen molar-refractivity contribution in [2.75, 3.05) is 19.0 Å². The Morgan fingerprint density at radius 1 is 1.12 bits per heavy atom. The monoisotopic (exact) mass is 467 g/mol. The Kier molecular flexibility index (Phi) is 10.3. The van der Waals surface area contributed by atoms with Crippen LogP contribution in [0.3, 0.4) is 0 Å². The first-order valence-corrected chi connectivity index (χ1v) is 8.82. The maximum absolute atomic E-state index is 6.00. The lowest BCUT2D eigenvalue weighted by Gasteiger charge is -2.11. The third-order valence-corrected chi connectivity index (χ3v) is 4.13. The van der Waals surface area contributed by atoms with E-state index in [0.717, 1.165) is 24.1 Å². The standard InChI is InChI=1S/C21H29N3O.HI/c1-16(2)18-12-10-17(11-13-18)7-6-14-23-21(22)24-20-9-5-4-8-19(20)15-25-3;/h4-5,8-13,16H,6-7,14-15H2,1-3H3,(H3,22,23,24);1H. The lowest BCUT2D eigenvalue weighted by molar-refractivity contribution is 0.185. The maximum atomic E-state index is 6.00. The molecule has 0 aliphatic heterocycles. The number of ether oxygens (including phenoxy) is 1. The molecule has 0 aromatic heterocycles. The minimum atomic E-state index is 0.